The fourth-order valence-corrected chi connectivity index (χ4v) is 2.95. The molecule has 0 saturated heterocycles. The van der Waals surface area contributed by atoms with Gasteiger partial charge < -0.3 is 4.90 Å². The number of likely N-dealkylation sites (N-methyl/N-ethyl adjacent to an activating group) is 1. The van der Waals surface area contributed by atoms with E-state index in [2.05, 4.69) is 9.62 Å². The minimum Gasteiger partial charge on any atom is -0.303 e. The zero-order chi connectivity index (χ0) is 14.5. The second-order valence-corrected chi connectivity index (χ2v) is 6.09. The second kappa shape index (κ2) is 6.98. The van der Waals surface area contributed by atoms with E-state index in [0.29, 0.717) is 12.1 Å². The molecule has 0 atom stereocenters. The van der Waals surface area contributed by atoms with Gasteiger partial charge >= 0.3 is 0 Å². The number of sulfonamides is 1. The summed E-state index contributed by atoms with van der Waals surface area (Å²) in [6.07, 6.45) is 0. The van der Waals surface area contributed by atoms with E-state index >= 15 is 0 Å². The van der Waals surface area contributed by atoms with Gasteiger partial charge in [-0.1, -0.05) is 19.9 Å². The van der Waals surface area contributed by atoms with Gasteiger partial charge in [0.05, 0.1) is 0 Å². The molecule has 0 fully saturated rings. The predicted molar refractivity (Wildman–Crippen MR) is 74.1 cm³/mol. The van der Waals surface area contributed by atoms with Crippen LogP contribution in [0.2, 0.25) is 0 Å². The normalized spacial score (nSPS) is 12.1. The third-order valence-corrected chi connectivity index (χ3v) is 4.47. The summed E-state index contributed by atoms with van der Waals surface area (Å²) in [7, 11) is -3.78. The van der Waals surface area contributed by atoms with Crippen molar-refractivity contribution in [3.63, 3.8) is 0 Å². The molecular weight excluding hydrogens is 267 g/mol. The topological polar surface area (TPSA) is 49.4 Å². The van der Waals surface area contributed by atoms with Crippen molar-refractivity contribution >= 4 is 10.0 Å². The molecule has 0 radical (unpaired) electrons. The molecular formula is C13H21FN2O2S. The Hall–Kier alpha value is -0.980. The zero-order valence-corrected chi connectivity index (χ0v) is 12.4. The van der Waals surface area contributed by atoms with Gasteiger partial charge in [0.15, 0.2) is 0 Å². The van der Waals surface area contributed by atoms with Gasteiger partial charge in [-0.3, -0.25) is 0 Å². The first-order valence-corrected chi connectivity index (χ1v) is 7.87. The molecule has 0 heterocycles. The summed E-state index contributed by atoms with van der Waals surface area (Å²) in [6, 6.07) is 4.06. The number of nitrogens with one attached hydrogen (secondary N) is 1. The van der Waals surface area contributed by atoms with Crippen LogP contribution in [0.4, 0.5) is 4.39 Å². The maximum absolute atomic E-state index is 13.6. The second-order valence-electron chi connectivity index (χ2n) is 4.36. The largest absolute Gasteiger partial charge is 0.303 e. The van der Waals surface area contributed by atoms with Gasteiger partial charge in [-0.15, -0.1) is 0 Å². The Labute approximate surface area is 114 Å². The molecule has 0 aromatic heterocycles. The van der Waals surface area contributed by atoms with Gasteiger partial charge in [-0.25, -0.2) is 17.5 Å². The van der Waals surface area contributed by atoms with Crippen LogP contribution in [0.1, 0.15) is 19.4 Å². The first kappa shape index (κ1) is 16.1. The molecule has 0 aliphatic carbocycles. The number of aryl methyl sites for hydroxylation is 1. The van der Waals surface area contributed by atoms with Crippen LogP contribution in [0.15, 0.2) is 23.1 Å². The minimum absolute atomic E-state index is 0.275. The Morgan fingerprint density at radius 1 is 1.26 bits per heavy atom. The van der Waals surface area contributed by atoms with Crippen molar-refractivity contribution < 1.29 is 12.8 Å². The Bertz CT molecular complexity index is 513. The molecule has 4 nitrogen and oxygen atoms in total. The molecule has 0 spiro atoms. The third kappa shape index (κ3) is 4.56. The first-order valence-electron chi connectivity index (χ1n) is 6.39. The highest BCUT2D eigenvalue weighted by Crippen LogP contribution is 2.15. The monoisotopic (exact) mass is 288 g/mol. The van der Waals surface area contributed by atoms with Crippen LogP contribution in [0.3, 0.4) is 0 Å². The molecule has 1 N–H and O–H groups in total. The molecule has 0 amide bonds. The summed E-state index contributed by atoms with van der Waals surface area (Å²) in [5.41, 5.74) is 0.713. The van der Waals surface area contributed by atoms with Crippen LogP contribution < -0.4 is 4.72 Å². The highest BCUT2D eigenvalue weighted by Gasteiger charge is 2.18. The standard InChI is InChI=1S/C13H21FN2O2S/c1-4-16(5-2)9-8-15-19(17,18)13-10-11(3)6-7-12(13)14/h6-7,10,15H,4-5,8-9H2,1-3H3. The summed E-state index contributed by atoms with van der Waals surface area (Å²) in [5, 5.41) is 0. The van der Waals surface area contributed by atoms with E-state index in [-0.39, 0.29) is 11.4 Å². The van der Waals surface area contributed by atoms with Crippen LogP contribution >= 0.6 is 0 Å². The van der Waals surface area contributed by atoms with E-state index in [4.69, 9.17) is 0 Å². The van der Waals surface area contributed by atoms with Gasteiger partial charge in [0.1, 0.15) is 10.7 Å². The van der Waals surface area contributed by atoms with Crippen LogP contribution in [-0.2, 0) is 10.0 Å². The van der Waals surface area contributed by atoms with Crippen LogP contribution in [0, 0.1) is 12.7 Å². The SMILES string of the molecule is CCN(CC)CCNS(=O)(=O)c1cc(C)ccc1F. The quantitative estimate of drug-likeness (QED) is 0.831. The van der Waals surface area contributed by atoms with Crippen molar-refractivity contribution in [1.29, 1.82) is 0 Å². The van der Waals surface area contributed by atoms with E-state index in [1.165, 1.54) is 12.1 Å². The van der Waals surface area contributed by atoms with Crippen molar-refractivity contribution in [2.45, 2.75) is 25.7 Å². The minimum atomic E-state index is -3.78. The highest BCUT2D eigenvalue weighted by atomic mass is 32.2. The van der Waals surface area contributed by atoms with Crippen molar-refractivity contribution in [3.8, 4) is 0 Å². The van der Waals surface area contributed by atoms with Crippen LogP contribution in [0.25, 0.3) is 0 Å². The van der Waals surface area contributed by atoms with Crippen molar-refractivity contribution in [2.75, 3.05) is 26.2 Å². The molecule has 0 saturated carbocycles. The van der Waals surface area contributed by atoms with E-state index in [9.17, 15) is 12.8 Å². The molecule has 0 aliphatic rings. The third-order valence-electron chi connectivity index (χ3n) is 2.99. The predicted octanol–water partition coefficient (Wildman–Crippen LogP) is 1.75. The summed E-state index contributed by atoms with van der Waals surface area (Å²) in [6.45, 7) is 8.36. The number of rotatable bonds is 7. The smallest absolute Gasteiger partial charge is 0.243 e. The van der Waals surface area contributed by atoms with Crippen LogP contribution in [0.5, 0.6) is 0 Å². The molecule has 19 heavy (non-hydrogen) atoms. The van der Waals surface area contributed by atoms with Crippen molar-refractivity contribution in [3.05, 3.63) is 29.6 Å². The van der Waals surface area contributed by atoms with E-state index in [1.54, 1.807) is 13.0 Å². The number of nitrogens with zero attached hydrogens (tertiary/aromatic N) is 1. The van der Waals surface area contributed by atoms with Gasteiger partial charge in [0.25, 0.3) is 0 Å². The lowest BCUT2D eigenvalue weighted by Crippen LogP contribution is -2.35. The summed E-state index contributed by atoms with van der Waals surface area (Å²) >= 11 is 0. The number of halogens is 1. The average molecular weight is 288 g/mol. The molecule has 108 valence electrons. The lowest BCUT2D eigenvalue weighted by atomic mass is 10.2. The van der Waals surface area contributed by atoms with Gasteiger partial charge in [-0.2, -0.15) is 0 Å². The maximum atomic E-state index is 13.6. The van der Waals surface area contributed by atoms with Crippen LogP contribution in [-0.4, -0.2) is 39.5 Å². The summed E-state index contributed by atoms with van der Waals surface area (Å²) < 4.78 is 40.0. The molecule has 1 rings (SSSR count). The molecule has 6 heteroatoms. The molecule has 0 unspecified atom stereocenters. The molecule has 1 aromatic rings. The lowest BCUT2D eigenvalue weighted by Gasteiger charge is -2.18. The van der Waals surface area contributed by atoms with Gasteiger partial charge in [0.2, 0.25) is 10.0 Å². The molecule has 1 aromatic carbocycles. The number of benzene rings is 1. The van der Waals surface area contributed by atoms with Gasteiger partial charge in [-0.05, 0) is 37.7 Å². The fraction of sp³-hybridized carbons (Fsp3) is 0.538. The molecule has 0 bridgehead atoms. The lowest BCUT2D eigenvalue weighted by molar-refractivity contribution is 0.309. The van der Waals surface area contributed by atoms with Crippen molar-refractivity contribution in [2.24, 2.45) is 0 Å². The Morgan fingerprint density at radius 2 is 1.89 bits per heavy atom. The fourth-order valence-electron chi connectivity index (χ4n) is 1.77. The highest BCUT2D eigenvalue weighted by molar-refractivity contribution is 7.89. The Kier molecular flexibility index (Phi) is 5.90. The zero-order valence-electron chi connectivity index (χ0n) is 11.6. The van der Waals surface area contributed by atoms with Gasteiger partial charge in [0, 0.05) is 13.1 Å². The number of hydrogen-bond donors (Lipinski definition) is 1. The van der Waals surface area contributed by atoms with E-state index in [0.717, 1.165) is 13.1 Å². The van der Waals surface area contributed by atoms with Crippen molar-refractivity contribution in [1.82, 2.24) is 9.62 Å². The summed E-state index contributed by atoms with van der Waals surface area (Å²) in [5.74, 6) is -0.721. The Balaban J connectivity index is 2.73. The van der Waals surface area contributed by atoms with E-state index < -0.39 is 15.8 Å². The maximum Gasteiger partial charge on any atom is 0.243 e. The Morgan fingerprint density at radius 3 is 2.47 bits per heavy atom. The molecule has 0 aliphatic heterocycles. The first-order chi connectivity index (χ1) is 8.90. The van der Waals surface area contributed by atoms with E-state index in [1.807, 2.05) is 13.8 Å². The average Bonchev–Trinajstić information content (AvgIpc) is 2.37. The summed E-state index contributed by atoms with van der Waals surface area (Å²) in [4.78, 5) is 1.81. The number of hydrogen-bond acceptors (Lipinski definition) is 3.